The second kappa shape index (κ2) is 4.81. The van der Waals surface area contributed by atoms with Crippen LogP contribution in [0.5, 0.6) is 0 Å². The Labute approximate surface area is 122 Å². The first kappa shape index (κ1) is 13.5. The van der Waals surface area contributed by atoms with Gasteiger partial charge in [0, 0.05) is 12.3 Å². The van der Waals surface area contributed by atoms with Gasteiger partial charge in [0.2, 0.25) is 5.82 Å². The van der Waals surface area contributed by atoms with E-state index in [4.69, 9.17) is 11.6 Å². The third-order valence-electron chi connectivity index (χ3n) is 2.97. The molecule has 2 aliphatic heterocycles. The largest absolute Gasteiger partial charge is 0.310 e. The minimum Gasteiger partial charge on any atom is -0.310 e. The maximum Gasteiger partial charge on any atom is 0.307 e. The van der Waals surface area contributed by atoms with Gasteiger partial charge >= 0.3 is 5.69 Å². The molecule has 0 amide bonds. The number of benzene rings is 1. The molecule has 2 heterocycles. The lowest BCUT2D eigenvalue weighted by atomic mass is 10.2. The first-order valence-corrected chi connectivity index (χ1v) is 6.15. The number of anilines is 1. The van der Waals surface area contributed by atoms with Crippen molar-refractivity contribution in [1.29, 1.82) is 0 Å². The quantitative estimate of drug-likeness (QED) is 0.622. The fourth-order valence-corrected chi connectivity index (χ4v) is 2.19. The number of fused-ring (bicyclic) bond motifs is 1. The Balaban J connectivity index is 1.97. The van der Waals surface area contributed by atoms with Gasteiger partial charge in [-0.15, -0.1) is 0 Å². The van der Waals surface area contributed by atoms with Crippen molar-refractivity contribution >= 4 is 28.8 Å². The van der Waals surface area contributed by atoms with Gasteiger partial charge in [-0.05, 0) is 12.2 Å². The molecule has 0 fully saturated rings. The van der Waals surface area contributed by atoms with Gasteiger partial charge in [-0.2, -0.15) is 9.49 Å². The van der Waals surface area contributed by atoms with Crippen molar-refractivity contribution < 1.29 is 13.7 Å². The molecule has 0 atom stereocenters. The number of hydrazone groups is 1. The monoisotopic (exact) mass is 312 g/mol. The Hall–Kier alpha value is -2.48. The van der Waals surface area contributed by atoms with Crippen molar-refractivity contribution in [3.8, 4) is 0 Å². The van der Waals surface area contributed by atoms with Crippen LogP contribution in [-0.2, 0) is 0 Å². The fourth-order valence-electron chi connectivity index (χ4n) is 2.01. The number of hydrogen-bond donors (Lipinski definition) is 0. The van der Waals surface area contributed by atoms with E-state index in [0.717, 1.165) is 6.07 Å². The Morgan fingerprint density at radius 1 is 1.29 bits per heavy atom. The van der Waals surface area contributed by atoms with E-state index >= 15 is 0 Å². The molecule has 0 saturated carbocycles. The molecule has 0 N–H and O–H groups in total. The molecule has 0 bridgehead atoms. The SMILES string of the molecule is O=[N+]([O-])c1cc(F)c(N2CN3C=C(Cl)C=CC3=N2)cc1F. The van der Waals surface area contributed by atoms with Crippen LogP contribution in [0.3, 0.4) is 0 Å². The number of allylic oxidation sites excluding steroid dienone is 2. The van der Waals surface area contributed by atoms with Crippen LogP contribution in [0.2, 0.25) is 0 Å². The highest BCUT2D eigenvalue weighted by Crippen LogP contribution is 2.30. The highest BCUT2D eigenvalue weighted by Gasteiger charge is 2.27. The predicted molar refractivity (Wildman–Crippen MR) is 72.7 cm³/mol. The predicted octanol–water partition coefficient (Wildman–Crippen LogP) is 2.92. The summed E-state index contributed by atoms with van der Waals surface area (Å²) < 4.78 is 27.6. The maximum absolute atomic E-state index is 13.9. The Bertz CT molecular complexity index is 732. The number of halogens is 3. The molecule has 1 aromatic rings. The minimum atomic E-state index is -1.12. The fraction of sp³-hybridized carbons (Fsp3) is 0.0833. The van der Waals surface area contributed by atoms with Gasteiger partial charge in [-0.25, -0.2) is 9.40 Å². The number of nitro groups is 1. The number of nitrogens with zero attached hydrogens (tertiary/aromatic N) is 4. The highest BCUT2D eigenvalue weighted by atomic mass is 35.5. The van der Waals surface area contributed by atoms with Gasteiger partial charge in [0.25, 0.3) is 0 Å². The lowest BCUT2D eigenvalue weighted by molar-refractivity contribution is -0.387. The van der Waals surface area contributed by atoms with Crippen molar-refractivity contribution in [3.05, 3.63) is 57.3 Å². The summed E-state index contributed by atoms with van der Waals surface area (Å²) in [6, 6.07) is 1.30. The third-order valence-corrected chi connectivity index (χ3v) is 3.19. The van der Waals surface area contributed by atoms with Crippen molar-refractivity contribution in [3.63, 3.8) is 0 Å². The van der Waals surface area contributed by atoms with Gasteiger partial charge in [-0.1, -0.05) is 11.6 Å². The lowest BCUT2D eigenvalue weighted by Crippen LogP contribution is -2.27. The summed E-state index contributed by atoms with van der Waals surface area (Å²) in [6.07, 6.45) is 4.84. The zero-order valence-electron chi connectivity index (χ0n) is 10.3. The number of amidine groups is 1. The molecule has 0 aromatic heterocycles. The van der Waals surface area contributed by atoms with Gasteiger partial charge in [0.05, 0.1) is 16.0 Å². The first-order chi connectivity index (χ1) is 9.95. The molecule has 0 radical (unpaired) electrons. The lowest BCUT2D eigenvalue weighted by Gasteiger charge is -2.18. The van der Waals surface area contributed by atoms with E-state index in [1.54, 1.807) is 23.3 Å². The van der Waals surface area contributed by atoms with E-state index in [9.17, 15) is 18.9 Å². The Kier molecular flexibility index (Phi) is 3.09. The molecule has 0 unspecified atom stereocenters. The van der Waals surface area contributed by atoms with E-state index < -0.39 is 22.2 Å². The van der Waals surface area contributed by atoms with E-state index in [0.29, 0.717) is 16.9 Å². The summed E-state index contributed by atoms with van der Waals surface area (Å²) in [4.78, 5) is 11.2. The van der Waals surface area contributed by atoms with E-state index in [1.165, 1.54) is 5.01 Å². The second-order valence-corrected chi connectivity index (χ2v) is 4.76. The van der Waals surface area contributed by atoms with E-state index in [2.05, 4.69) is 5.10 Å². The molecule has 1 aromatic carbocycles. The van der Waals surface area contributed by atoms with Gasteiger partial charge < -0.3 is 4.90 Å². The van der Waals surface area contributed by atoms with Crippen LogP contribution in [0.15, 0.2) is 40.6 Å². The van der Waals surface area contributed by atoms with Gasteiger partial charge in [-0.3, -0.25) is 10.1 Å². The van der Waals surface area contributed by atoms with Crippen LogP contribution in [0.4, 0.5) is 20.2 Å². The van der Waals surface area contributed by atoms with Crippen LogP contribution in [-0.4, -0.2) is 22.3 Å². The maximum atomic E-state index is 13.9. The number of hydrogen-bond acceptors (Lipinski definition) is 5. The normalized spacial score (nSPS) is 16.7. The minimum absolute atomic E-state index is 0.129. The summed E-state index contributed by atoms with van der Waals surface area (Å²) in [6.45, 7) is 0.129. The number of rotatable bonds is 2. The van der Waals surface area contributed by atoms with Crippen molar-refractivity contribution in [2.24, 2.45) is 5.10 Å². The van der Waals surface area contributed by atoms with Gasteiger partial charge in [0.15, 0.2) is 11.7 Å². The standard InChI is InChI=1S/C12H7ClF2N4O2/c13-7-1-2-12-16-18(6-17(12)5-7)10-3-9(15)11(19(20)21)4-8(10)14/h1-5H,6H2. The smallest absolute Gasteiger partial charge is 0.307 e. The molecule has 0 aliphatic carbocycles. The molecule has 2 aliphatic rings. The molecule has 9 heteroatoms. The zero-order valence-corrected chi connectivity index (χ0v) is 11.1. The van der Waals surface area contributed by atoms with Crippen LogP contribution in [0.25, 0.3) is 0 Å². The van der Waals surface area contributed by atoms with Crippen molar-refractivity contribution in [2.45, 2.75) is 0 Å². The molecule has 0 spiro atoms. The summed E-state index contributed by atoms with van der Waals surface area (Å²) in [5.41, 5.74) is -1.10. The van der Waals surface area contributed by atoms with E-state index in [-0.39, 0.29) is 12.4 Å². The number of nitro benzene ring substituents is 1. The summed E-state index contributed by atoms with van der Waals surface area (Å²) >= 11 is 5.84. The van der Waals surface area contributed by atoms with Crippen LogP contribution >= 0.6 is 11.6 Å². The third kappa shape index (κ3) is 2.33. The van der Waals surface area contributed by atoms with E-state index in [1.807, 2.05) is 0 Å². The molecule has 21 heavy (non-hydrogen) atoms. The molecule has 3 rings (SSSR count). The van der Waals surface area contributed by atoms with Crippen molar-refractivity contribution in [1.82, 2.24) is 4.90 Å². The highest BCUT2D eigenvalue weighted by molar-refractivity contribution is 6.32. The summed E-state index contributed by atoms with van der Waals surface area (Å²) in [7, 11) is 0. The topological polar surface area (TPSA) is 62.0 Å². The first-order valence-electron chi connectivity index (χ1n) is 5.77. The zero-order chi connectivity index (χ0) is 15.1. The Morgan fingerprint density at radius 2 is 2.05 bits per heavy atom. The van der Waals surface area contributed by atoms with Crippen LogP contribution < -0.4 is 5.01 Å². The van der Waals surface area contributed by atoms with Gasteiger partial charge in [0.1, 0.15) is 12.4 Å². The van der Waals surface area contributed by atoms with Crippen molar-refractivity contribution in [2.75, 3.05) is 11.7 Å². The molecule has 0 saturated heterocycles. The molecular weight excluding hydrogens is 306 g/mol. The molecule has 6 nitrogen and oxygen atoms in total. The molecular formula is C12H7ClF2N4O2. The Morgan fingerprint density at radius 3 is 2.76 bits per heavy atom. The van der Waals surface area contributed by atoms with Crippen LogP contribution in [0, 0.1) is 21.7 Å². The molecule has 108 valence electrons. The summed E-state index contributed by atoms with van der Waals surface area (Å²) in [5.74, 6) is -1.53. The average Bonchev–Trinajstić information content (AvgIpc) is 2.83. The average molecular weight is 313 g/mol. The van der Waals surface area contributed by atoms with Crippen LogP contribution in [0.1, 0.15) is 0 Å². The summed E-state index contributed by atoms with van der Waals surface area (Å²) in [5, 5.41) is 16.3. The second-order valence-electron chi connectivity index (χ2n) is 4.33.